The molecule has 2 heterocycles. The first-order valence-electron chi connectivity index (χ1n) is 9.35. The number of piperazine rings is 1. The number of carbonyl (C=O) groups is 1. The molecule has 2 aliphatic heterocycles. The van der Waals surface area contributed by atoms with E-state index < -0.39 is 0 Å². The van der Waals surface area contributed by atoms with Gasteiger partial charge >= 0.3 is 0 Å². The van der Waals surface area contributed by atoms with Crippen LogP contribution in [0.4, 0.5) is 0 Å². The van der Waals surface area contributed by atoms with Crippen LogP contribution in [-0.2, 0) is 14.3 Å². The van der Waals surface area contributed by atoms with E-state index in [1.165, 1.54) is 12.8 Å². The largest absolute Gasteiger partial charge is 0.385 e. The fourth-order valence-corrected chi connectivity index (χ4v) is 4.60. The molecule has 3 fully saturated rings. The summed E-state index contributed by atoms with van der Waals surface area (Å²) < 4.78 is 10.7. The second-order valence-corrected chi connectivity index (χ2v) is 7.40. The van der Waals surface area contributed by atoms with Gasteiger partial charge < -0.3 is 14.4 Å². The molecule has 0 aromatic carbocycles. The minimum Gasteiger partial charge on any atom is -0.385 e. The molecule has 0 atom stereocenters. The second-order valence-electron chi connectivity index (χ2n) is 7.40. The van der Waals surface area contributed by atoms with Gasteiger partial charge in [0.05, 0.1) is 5.41 Å². The molecule has 1 amide bonds. The van der Waals surface area contributed by atoms with Gasteiger partial charge in [0, 0.05) is 59.2 Å². The van der Waals surface area contributed by atoms with E-state index in [4.69, 9.17) is 9.47 Å². The van der Waals surface area contributed by atoms with E-state index in [9.17, 15) is 4.79 Å². The van der Waals surface area contributed by atoms with Gasteiger partial charge in [-0.1, -0.05) is 12.8 Å². The summed E-state index contributed by atoms with van der Waals surface area (Å²) in [5, 5.41) is 0. The lowest BCUT2D eigenvalue weighted by molar-refractivity contribution is -0.145. The lowest BCUT2D eigenvalue weighted by Gasteiger charge is -2.43. The third-order valence-corrected chi connectivity index (χ3v) is 6.11. The van der Waals surface area contributed by atoms with Crippen LogP contribution in [0.1, 0.15) is 44.9 Å². The number of carbonyl (C=O) groups excluding carboxylic acids is 1. The quantitative estimate of drug-likeness (QED) is 0.775. The van der Waals surface area contributed by atoms with E-state index in [-0.39, 0.29) is 5.41 Å². The number of rotatable bonds is 5. The summed E-state index contributed by atoms with van der Waals surface area (Å²) in [5.41, 5.74) is -0.128. The lowest BCUT2D eigenvalue weighted by Crippen LogP contribution is -2.55. The molecule has 0 aromatic heterocycles. The Morgan fingerprint density at radius 1 is 1.13 bits per heavy atom. The number of nitrogens with zero attached hydrogens (tertiary/aromatic N) is 2. The predicted octanol–water partition coefficient (Wildman–Crippen LogP) is 1.91. The number of methoxy groups -OCH3 is 1. The first kappa shape index (κ1) is 17.2. The molecule has 0 unspecified atom stereocenters. The lowest BCUT2D eigenvalue weighted by atomic mass is 9.81. The summed E-state index contributed by atoms with van der Waals surface area (Å²) in [7, 11) is 1.74. The third-order valence-electron chi connectivity index (χ3n) is 6.11. The highest BCUT2D eigenvalue weighted by Gasteiger charge is 2.43. The van der Waals surface area contributed by atoms with Crippen LogP contribution in [0.3, 0.4) is 0 Å². The summed E-state index contributed by atoms with van der Waals surface area (Å²) in [4.78, 5) is 17.9. The smallest absolute Gasteiger partial charge is 0.228 e. The molecular weight excluding hydrogens is 292 g/mol. The van der Waals surface area contributed by atoms with Crippen molar-refractivity contribution < 1.29 is 14.3 Å². The molecule has 3 aliphatic rings. The zero-order valence-electron chi connectivity index (χ0n) is 14.6. The van der Waals surface area contributed by atoms with Gasteiger partial charge in [0.15, 0.2) is 0 Å². The Hall–Kier alpha value is -0.650. The van der Waals surface area contributed by atoms with E-state index in [0.717, 1.165) is 71.5 Å². The molecule has 23 heavy (non-hydrogen) atoms. The maximum atomic E-state index is 13.1. The molecule has 132 valence electrons. The minimum absolute atomic E-state index is 0.128. The monoisotopic (exact) mass is 324 g/mol. The summed E-state index contributed by atoms with van der Waals surface area (Å²) in [6, 6.07) is 0.662. The standard InChI is InChI=1S/C18H32N2O3/c1-22-15-8-18(6-2-3-7-18)17(21)20-11-9-19(10-12-20)16-4-13-23-14-5-16/h16H,2-15H2,1H3. The Morgan fingerprint density at radius 3 is 2.39 bits per heavy atom. The van der Waals surface area contributed by atoms with Crippen molar-refractivity contribution in [3.05, 3.63) is 0 Å². The maximum absolute atomic E-state index is 13.1. The van der Waals surface area contributed by atoms with Crippen molar-refractivity contribution in [1.29, 1.82) is 0 Å². The Balaban J connectivity index is 1.54. The van der Waals surface area contributed by atoms with Crippen molar-refractivity contribution >= 4 is 5.91 Å². The molecule has 0 radical (unpaired) electrons. The van der Waals surface area contributed by atoms with E-state index in [0.29, 0.717) is 18.6 Å². The number of amides is 1. The molecule has 5 nitrogen and oxygen atoms in total. The van der Waals surface area contributed by atoms with E-state index >= 15 is 0 Å². The highest BCUT2D eigenvalue weighted by Crippen LogP contribution is 2.43. The van der Waals surface area contributed by atoms with Gasteiger partial charge in [-0.15, -0.1) is 0 Å². The Bertz CT molecular complexity index is 382. The first-order valence-corrected chi connectivity index (χ1v) is 9.35. The van der Waals surface area contributed by atoms with Gasteiger partial charge in [0.25, 0.3) is 0 Å². The normalized spacial score (nSPS) is 26.6. The van der Waals surface area contributed by atoms with E-state index in [1.54, 1.807) is 7.11 Å². The summed E-state index contributed by atoms with van der Waals surface area (Å²) in [6.07, 6.45) is 7.67. The maximum Gasteiger partial charge on any atom is 0.228 e. The number of ether oxygens (including phenoxy) is 2. The fourth-order valence-electron chi connectivity index (χ4n) is 4.60. The van der Waals surface area contributed by atoms with Crippen molar-refractivity contribution in [2.75, 3.05) is 53.1 Å². The van der Waals surface area contributed by atoms with Gasteiger partial charge in [-0.2, -0.15) is 0 Å². The highest BCUT2D eigenvalue weighted by molar-refractivity contribution is 5.83. The Kier molecular flexibility index (Phi) is 5.94. The molecule has 0 bridgehead atoms. The van der Waals surface area contributed by atoms with Gasteiger partial charge in [0.1, 0.15) is 0 Å². The molecule has 0 N–H and O–H groups in total. The van der Waals surface area contributed by atoms with Crippen LogP contribution in [0.2, 0.25) is 0 Å². The van der Waals surface area contributed by atoms with Crippen LogP contribution < -0.4 is 0 Å². The van der Waals surface area contributed by atoms with Crippen LogP contribution >= 0.6 is 0 Å². The van der Waals surface area contributed by atoms with Crippen LogP contribution in [0.5, 0.6) is 0 Å². The average molecular weight is 324 g/mol. The minimum atomic E-state index is -0.128. The summed E-state index contributed by atoms with van der Waals surface area (Å²) in [5.74, 6) is 0.402. The molecule has 1 saturated carbocycles. The van der Waals surface area contributed by atoms with Crippen molar-refractivity contribution in [2.24, 2.45) is 5.41 Å². The predicted molar refractivity (Wildman–Crippen MR) is 89.4 cm³/mol. The molecule has 3 rings (SSSR count). The average Bonchev–Trinajstić information content (AvgIpc) is 3.10. The Labute approximate surface area is 140 Å². The van der Waals surface area contributed by atoms with Crippen molar-refractivity contribution in [3.63, 3.8) is 0 Å². The zero-order valence-corrected chi connectivity index (χ0v) is 14.6. The summed E-state index contributed by atoms with van der Waals surface area (Å²) in [6.45, 7) is 6.32. The molecular formula is C18H32N2O3. The SMILES string of the molecule is COCCC1(C(=O)N2CCN(C3CCOCC3)CC2)CCCC1. The van der Waals surface area contributed by atoms with Crippen molar-refractivity contribution in [2.45, 2.75) is 51.0 Å². The first-order chi connectivity index (χ1) is 11.2. The van der Waals surface area contributed by atoms with Gasteiger partial charge in [0.2, 0.25) is 5.91 Å². The van der Waals surface area contributed by atoms with Gasteiger partial charge in [-0.05, 0) is 32.1 Å². The van der Waals surface area contributed by atoms with E-state index in [2.05, 4.69) is 9.80 Å². The van der Waals surface area contributed by atoms with Crippen LogP contribution in [0, 0.1) is 5.41 Å². The van der Waals surface area contributed by atoms with E-state index in [1.807, 2.05) is 0 Å². The topological polar surface area (TPSA) is 42.0 Å². The Morgan fingerprint density at radius 2 is 1.78 bits per heavy atom. The van der Waals surface area contributed by atoms with Gasteiger partial charge in [-0.3, -0.25) is 9.69 Å². The van der Waals surface area contributed by atoms with Gasteiger partial charge in [-0.25, -0.2) is 0 Å². The van der Waals surface area contributed by atoms with Crippen molar-refractivity contribution in [3.8, 4) is 0 Å². The highest BCUT2D eigenvalue weighted by atomic mass is 16.5. The molecule has 2 saturated heterocycles. The molecule has 0 spiro atoms. The molecule has 5 heteroatoms. The van der Waals surface area contributed by atoms with Crippen LogP contribution in [0.25, 0.3) is 0 Å². The zero-order chi connectivity index (χ0) is 16.1. The third kappa shape index (κ3) is 3.89. The van der Waals surface area contributed by atoms with Crippen LogP contribution in [0.15, 0.2) is 0 Å². The molecule has 1 aliphatic carbocycles. The molecule has 0 aromatic rings. The number of hydrogen-bond donors (Lipinski definition) is 0. The summed E-state index contributed by atoms with van der Waals surface area (Å²) >= 11 is 0. The fraction of sp³-hybridized carbons (Fsp3) is 0.944. The second kappa shape index (κ2) is 7.95. The van der Waals surface area contributed by atoms with Crippen LogP contribution in [-0.4, -0.2) is 74.9 Å². The van der Waals surface area contributed by atoms with Crippen molar-refractivity contribution in [1.82, 2.24) is 9.80 Å². The number of hydrogen-bond acceptors (Lipinski definition) is 4.